The normalized spacial score (nSPS) is 17.0. The van der Waals surface area contributed by atoms with Crippen LogP contribution in [0, 0.1) is 0 Å². The van der Waals surface area contributed by atoms with Crippen LogP contribution in [0.5, 0.6) is 23.0 Å². The Balaban J connectivity index is 1.25. The second kappa shape index (κ2) is 8.16. The first-order valence-electron chi connectivity index (χ1n) is 11.9. The number of hydrogen-bond acceptors (Lipinski definition) is 8. The monoisotopic (exact) mass is 523 g/mol. The van der Waals surface area contributed by atoms with Crippen LogP contribution in [0.1, 0.15) is 12.8 Å². The van der Waals surface area contributed by atoms with Crippen molar-refractivity contribution in [3.8, 4) is 34.3 Å². The van der Waals surface area contributed by atoms with E-state index < -0.39 is 17.8 Å². The van der Waals surface area contributed by atoms with Crippen LogP contribution in [0.4, 0.5) is 14.5 Å². The van der Waals surface area contributed by atoms with Crippen LogP contribution in [0.2, 0.25) is 0 Å². The van der Waals surface area contributed by atoms with Crippen molar-refractivity contribution in [2.75, 3.05) is 18.1 Å². The average Bonchev–Trinajstić information content (AvgIpc) is 3.49. The van der Waals surface area contributed by atoms with Gasteiger partial charge in [0.2, 0.25) is 5.91 Å². The summed E-state index contributed by atoms with van der Waals surface area (Å²) < 4.78 is 48.4. The quantitative estimate of drug-likeness (QED) is 0.424. The number of fused-ring (bicyclic) bond motifs is 3. The highest BCUT2D eigenvalue weighted by molar-refractivity contribution is 5.95. The van der Waals surface area contributed by atoms with Gasteiger partial charge in [0, 0.05) is 23.4 Å². The fourth-order valence-electron chi connectivity index (χ4n) is 4.65. The predicted molar refractivity (Wildman–Crippen MR) is 128 cm³/mol. The van der Waals surface area contributed by atoms with Gasteiger partial charge in [-0.2, -0.15) is 5.10 Å². The van der Waals surface area contributed by atoms with Crippen molar-refractivity contribution in [1.82, 2.24) is 19.7 Å². The molecule has 2 aromatic heterocycles. The summed E-state index contributed by atoms with van der Waals surface area (Å²) in [4.78, 5) is 35.3. The lowest BCUT2D eigenvalue weighted by molar-refractivity contribution is -0.286. The summed E-state index contributed by atoms with van der Waals surface area (Å²) in [7, 11) is 0. The highest BCUT2D eigenvalue weighted by Crippen LogP contribution is 2.44. The molecule has 7 rings (SSSR count). The van der Waals surface area contributed by atoms with Gasteiger partial charge >= 0.3 is 6.29 Å². The molecule has 194 valence electrons. The molecule has 11 nitrogen and oxygen atoms in total. The van der Waals surface area contributed by atoms with E-state index in [0.717, 1.165) is 17.5 Å². The lowest BCUT2D eigenvalue weighted by Crippen LogP contribution is -2.39. The van der Waals surface area contributed by atoms with Gasteiger partial charge in [0.25, 0.3) is 5.56 Å². The highest BCUT2D eigenvalue weighted by atomic mass is 19.3. The maximum Gasteiger partial charge on any atom is 0.586 e. The zero-order valence-corrected chi connectivity index (χ0v) is 19.6. The van der Waals surface area contributed by atoms with Crippen LogP contribution in [-0.2, 0) is 11.3 Å². The first-order valence-corrected chi connectivity index (χ1v) is 11.9. The molecule has 0 unspecified atom stereocenters. The lowest BCUT2D eigenvalue weighted by atomic mass is 10.1. The van der Waals surface area contributed by atoms with Crippen LogP contribution >= 0.6 is 0 Å². The van der Waals surface area contributed by atoms with Gasteiger partial charge in [0.15, 0.2) is 23.0 Å². The van der Waals surface area contributed by atoms with Gasteiger partial charge in [-0.15, -0.1) is 8.78 Å². The number of aromatic amines is 1. The van der Waals surface area contributed by atoms with E-state index in [2.05, 4.69) is 24.5 Å². The zero-order chi connectivity index (χ0) is 26.0. The van der Waals surface area contributed by atoms with Crippen LogP contribution < -0.4 is 29.4 Å². The first-order chi connectivity index (χ1) is 18.4. The van der Waals surface area contributed by atoms with Crippen LogP contribution in [0.3, 0.4) is 0 Å². The SMILES string of the molecule is O=C(Cn1nc(-c2ccc3c(c2)OCCO3)c2nc[nH]c2c1=O)N(c1ccc2c(c1)OC(F)(F)O2)C1CC1. The van der Waals surface area contributed by atoms with Gasteiger partial charge in [-0.1, -0.05) is 0 Å². The third kappa shape index (κ3) is 3.78. The smallest absolute Gasteiger partial charge is 0.486 e. The number of H-pyrrole nitrogens is 1. The number of hydrogen-bond donors (Lipinski definition) is 1. The Morgan fingerprint density at radius 1 is 1.05 bits per heavy atom. The zero-order valence-electron chi connectivity index (χ0n) is 19.6. The molecule has 3 aliphatic rings. The number of aromatic nitrogens is 4. The number of anilines is 1. The van der Waals surface area contributed by atoms with Crippen molar-refractivity contribution >= 4 is 22.6 Å². The number of halogens is 2. The molecule has 1 amide bonds. The Morgan fingerprint density at radius 2 is 1.82 bits per heavy atom. The van der Waals surface area contributed by atoms with Crippen LogP contribution in [0.25, 0.3) is 22.3 Å². The molecule has 0 saturated heterocycles. The summed E-state index contributed by atoms with van der Waals surface area (Å²) in [5.41, 5.74) is 1.40. The molecule has 38 heavy (non-hydrogen) atoms. The molecule has 2 aliphatic heterocycles. The first kappa shape index (κ1) is 22.5. The predicted octanol–water partition coefficient (Wildman–Crippen LogP) is 3.07. The Hall–Kier alpha value is -4.68. The van der Waals surface area contributed by atoms with Crippen molar-refractivity contribution in [1.29, 1.82) is 0 Å². The number of alkyl halides is 2. The summed E-state index contributed by atoms with van der Waals surface area (Å²) in [6, 6.07) is 9.32. The maximum absolute atomic E-state index is 13.5. The largest absolute Gasteiger partial charge is 0.586 e. The minimum Gasteiger partial charge on any atom is -0.486 e. The molecule has 1 N–H and O–H groups in total. The average molecular weight is 523 g/mol. The molecule has 4 heterocycles. The number of carbonyl (C=O) groups excluding carboxylic acids is 1. The molecular formula is C25H19F2N5O6. The molecular weight excluding hydrogens is 504 g/mol. The highest BCUT2D eigenvalue weighted by Gasteiger charge is 2.44. The second-order valence-corrected chi connectivity index (χ2v) is 9.09. The standard InChI is InChI=1S/C25H19F2N5O6/c26-25(27)37-17-6-4-15(10-19(17)38-25)32(14-2-3-14)20(33)11-31-24(34)23-22(28-12-29-23)21(30-31)13-1-5-16-18(9-13)36-8-7-35-16/h1,4-6,9-10,12,14H,2-3,7-8,11H2,(H,28,29). The van der Waals surface area contributed by atoms with Crippen molar-refractivity contribution in [3.05, 3.63) is 53.1 Å². The van der Waals surface area contributed by atoms with E-state index in [4.69, 9.17) is 9.47 Å². The van der Waals surface area contributed by atoms with Gasteiger partial charge in [0.1, 0.15) is 36.5 Å². The molecule has 0 radical (unpaired) electrons. The third-order valence-corrected chi connectivity index (χ3v) is 6.48. The van der Waals surface area contributed by atoms with E-state index in [1.165, 1.54) is 29.4 Å². The Bertz CT molecular complexity index is 1660. The summed E-state index contributed by atoms with van der Waals surface area (Å²) >= 11 is 0. The molecule has 1 aliphatic carbocycles. The van der Waals surface area contributed by atoms with Gasteiger partial charge < -0.3 is 28.8 Å². The van der Waals surface area contributed by atoms with Crippen LogP contribution in [-0.4, -0.2) is 51.2 Å². The van der Waals surface area contributed by atoms with Crippen molar-refractivity contribution in [3.63, 3.8) is 0 Å². The van der Waals surface area contributed by atoms with E-state index in [9.17, 15) is 18.4 Å². The second-order valence-electron chi connectivity index (χ2n) is 9.09. The topological polar surface area (TPSA) is 121 Å². The van der Waals surface area contributed by atoms with E-state index in [-0.39, 0.29) is 29.6 Å². The van der Waals surface area contributed by atoms with Gasteiger partial charge in [-0.3, -0.25) is 9.59 Å². The maximum atomic E-state index is 13.5. The fraction of sp³-hybridized carbons (Fsp3) is 0.280. The summed E-state index contributed by atoms with van der Waals surface area (Å²) in [5.74, 6) is 0.430. The number of amides is 1. The Kier molecular flexibility index (Phi) is 4.84. The van der Waals surface area contributed by atoms with Gasteiger partial charge in [0.05, 0.1) is 6.33 Å². The van der Waals surface area contributed by atoms with E-state index in [1.807, 2.05) is 0 Å². The Labute approximate surface area is 212 Å². The molecule has 1 fully saturated rings. The molecule has 0 atom stereocenters. The number of nitrogens with zero attached hydrogens (tertiary/aromatic N) is 4. The van der Waals surface area contributed by atoms with E-state index in [0.29, 0.717) is 47.2 Å². The number of nitrogens with one attached hydrogen (secondary N) is 1. The minimum atomic E-state index is -3.77. The number of rotatable bonds is 5. The minimum absolute atomic E-state index is 0.117. The Morgan fingerprint density at radius 3 is 2.63 bits per heavy atom. The molecule has 4 aromatic rings. The molecule has 2 aromatic carbocycles. The van der Waals surface area contributed by atoms with Gasteiger partial charge in [-0.25, -0.2) is 9.67 Å². The fourth-order valence-corrected chi connectivity index (χ4v) is 4.65. The van der Waals surface area contributed by atoms with Gasteiger partial charge in [-0.05, 0) is 43.2 Å². The summed E-state index contributed by atoms with van der Waals surface area (Å²) in [5, 5.41) is 4.50. The number of imidazole rings is 1. The molecule has 13 heteroatoms. The summed E-state index contributed by atoms with van der Waals surface area (Å²) in [6.07, 6.45) is -0.905. The lowest BCUT2D eigenvalue weighted by Gasteiger charge is -2.23. The third-order valence-electron chi connectivity index (χ3n) is 6.48. The molecule has 1 saturated carbocycles. The van der Waals surface area contributed by atoms with Crippen molar-refractivity contribution in [2.45, 2.75) is 31.7 Å². The summed E-state index contributed by atoms with van der Waals surface area (Å²) in [6.45, 7) is 0.473. The van der Waals surface area contributed by atoms with E-state index >= 15 is 0 Å². The number of carbonyl (C=O) groups is 1. The van der Waals surface area contributed by atoms with Crippen LogP contribution in [0.15, 0.2) is 47.5 Å². The number of ether oxygens (including phenoxy) is 4. The molecule has 0 bridgehead atoms. The number of benzene rings is 2. The molecule has 0 spiro atoms. The van der Waals surface area contributed by atoms with Crippen molar-refractivity contribution in [2.24, 2.45) is 0 Å². The van der Waals surface area contributed by atoms with E-state index in [1.54, 1.807) is 18.2 Å². The van der Waals surface area contributed by atoms with Crippen molar-refractivity contribution < 1.29 is 32.5 Å².